The van der Waals surface area contributed by atoms with E-state index in [1.54, 1.807) is 0 Å². The number of rotatable bonds is 10. The van der Waals surface area contributed by atoms with Crippen LogP contribution in [0.15, 0.2) is 12.1 Å². The highest BCUT2D eigenvalue weighted by molar-refractivity contribution is 7.11. The first-order valence-electron chi connectivity index (χ1n) is 8.18. The summed E-state index contributed by atoms with van der Waals surface area (Å²) < 4.78 is 0. The fourth-order valence-corrected chi connectivity index (χ4v) is 3.55. The normalized spacial score (nSPS) is 15.4. The molecule has 0 atom stereocenters. The van der Waals surface area contributed by atoms with Gasteiger partial charge in [0.1, 0.15) is 0 Å². The molecule has 1 aliphatic carbocycles. The van der Waals surface area contributed by atoms with E-state index in [1.165, 1.54) is 42.1 Å². The Balaban J connectivity index is 1.77. The van der Waals surface area contributed by atoms with Gasteiger partial charge in [0.25, 0.3) is 0 Å². The van der Waals surface area contributed by atoms with Gasteiger partial charge in [0.15, 0.2) is 0 Å². The van der Waals surface area contributed by atoms with Crippen LogP contribution in [0, 0.1) is 11.8 Å². The average molecular weight is 295 g/mol. The van der Waals surface area contributed by atoms with Crippen molar-refractivity contribution in [1.82, 2.24) is 10.2 Å². The molecule has 20 heavy (non-hydrogen) atoms. The van der Waals surface area contributed by atoms with Crippen molar-refractivity contribution in [3.05, 3.63) is 21.9 Å². The molecule has 114 valence electrons. The Morgan fingerprint density at radius 2 is 2.05 bits per heavy atom. The van der Waals surface area contributed by atoms with Crippen molar-refractivity contribution >= 4 is 11.3 Å². The van der Waals surface area contributed by atoms with Crippen molar-refractivity contribution in [2.45, 2.75) is 53.1 Å². The van der Waals surface area contributed by atoms with Gasteiger partial charge in [-0.25, -0.2) is 0 Å². The second-order valence-electron chi connectivity index (χ2n) is 6.57. The lowest BCUT2D eigenvalue weighted by Crippen LogP contribution is -2.25. The average Bonchev–Trinajstić information content (AvgIpc) is 3.09. The zero-order valence-corrected chi connectivity index (χ0v) is 14.1. The number of hydrogen-bond acceptors (Lipinski definition) is 3. The van der Waals surface area contributed by atoms with Crippen molar-refractivity contribution < 1.29 is 0 Å². The molecule has 1 aromatic heterocycles. The van der Waals surface area contributed by atoms with Gasteiger partial charge < -0.3 is 5.32 Å². The maximum atomic E-state index is 3.53. The van der Waals surface area contributed by atoms with Crippen LogP contribution in [-0.2, 0) is 13.1 Å². The summed E-state index contributed by atoms with van der Waals surface area (Å²) in [6.45, 7) is 12.6. The molecule has 0 spiro atoms. The van der Waals surface area contributed by atoms with Gasteiger partial charge in [-0.05, 0) is 56.3 Å². The van der Waals surface area contributed by atoms with E-state index in [9.17, 15) is 0 Å². The Hall–Kier alpha value is -0.380. The highest BCUT2D eigenvalue weighted by atomic mass is 32.1. The molecule has 1 N–H and O–H groups in total. The minimum absolute atomic E-state index is 0.730. The predicted molar refractivity (Wildman–Crippen MR) is 89.2 cm³/mol. The van der Waals surface area contributed by atoms with Gasteiger partial charge >= 0.3 is 0 Å². The third-order valence-corrected chi connectivity index (χ3v) is 4.77. The Morgan fingerprint density at radius 1 is 1.30 bits per heavy atom. The van der Waals surface area contributed by atoms with Gasteiger partial charge in [0, 0.05) is 29.4 Å². The molecule has 0 amide bonds. The lowest BCUT2D eigenvalue weighted by atomic mass is 10.2. The molecule has 2 rings (SSSR count). The molecule has 1 saturated carbocycles. The van der Waals surface area contributed by atoms with Crippen LogP contribution >= 0.6 is 11.3 Å². The SMILES string of the molecule is CCCN(Cc1ccc(CNCC(C)C)s1)CC1CC1. The minimum Gasteiger partial charge on any atom is -0.312 e. The topological polar surface area (TPSA) is 15.3 Å². The lowest BCUT2D eigenvalue weighted by molar-refractivity contribution is 0.257. The summed E-state index contributed by atoms with van der Waals surface area (Å²) in [5.41, 5.74) is 0. The highest BCUT2D eigenvalue weighted by Crippen LogP contribution is 2.30. The molecule has 0 aromatic carbocycles. The standard InChI is InChI=1S/C17H30N2S/c1-4-9-19(12-15-5-6-15)13-17-8-7-16(20-17)11-18-10-14(2)3/h7-8,14-15,18H,4-6,9-13H2,1-3H3. The van der Waals surface area contributed by atoms with Crippen molar-refractivity contribution in [1.29, 1.82) is 0 Å². The molecular weight excluding hydrogens is 264 g/mol. The molecule has 1 aliphatic rings. The molecule has 1 heterocycles. The Bertz CT molecular complexity index is 382. The van der Waals surface area contributed by atoms with Crippen LogP contribution in [0.25, 0.3) is 0 Å². The van der Waals surface area contributed by atoms with E-state index >= 15 is 0 Å². The molecule has 2 nitrogen and oxygen atoms in total. The molecule has 0 radical (unpaired) electrons. The summed E-state index contributed by atoms with van der Waals surface area (Å²) >= 11 is 1.98. The van der Waals surface area contributed by atoms with E-state index in [2.05, 4.69) is 43.1 Å². The second-order valence-corrected chi connectivity index (χ2v) is 7.82. The Kier molecular flexibility index (Phi) is 6.53. The first-order chi connectivity index (χ1) is 9.67. The van der Waals surface area contributed by atoms with Crippen LogP contribution < -0.4 is 5.32 Å². The van der Waals surface area contributed by atoms with Crippen LogP contribution in [0.1, 0.15) is 49.8 Å². The molecule has 0 aliphatic heterocycles. The lowest BCUT2D eigenvalue weighted by Gasteiger charge is -2.20. The van der Waals surface area contributed by atoms with E-state index in [-0.39, 0.29) is 0 Å². The molecule has 1 aromatic rings. The predicted octanol–water partition coefficient (Wildman–Crippen LogP) is 4.12. The molecule has 0 unspecified atom stereocenters. The van der Waals surface area contributed by atoms with Crippen molar-refractivity contribution in [3.8, 4) is 0 Å². The summed E-state index contributed by atoms with van der Waals surface area (Å²) in [7, 11) is 0. The number of nitrogens with one attached hydrogen (secondary N) is 1. The summed E-state index contributed by atoms with van der Waals surface area (Å²) in [5, 5.41) is 3.53. The van der Waals surface area contributed by atoms with Gasteiger partial charge in [-0.1, -0.05) is 20.8 Å². The summed E-state index contributed by atoms with van der Waals surface area (Å²) in [6.07, 6.45) is 4.17. The number of thiophene rings is 1. The fraction of sp³-hybridized carbons (Fsp3) is 0.765. The monoisotopic (exact) mass is 294 g/mol. The molecule has 0 saturated heterocycles. The van der Waals surface area contributed by atoms with Crippen molar-refractivity contribution in [2.75, 3.05) is 19.6 Å². The van der Waals surface area contributed by atoms with Gasteiger partial charge in [-0.15, -0.1) is 11.3 Å². The highest BCUT2D eigenvalue weighted by Gasteiger charge is 2.24. The van der Waals surface area contributed by atoms with Crippen LogP contribution in [0.4, 0.5) is 0 Å². The summed E-state index contributed by atoms with van der Waals surface area (Å²) in [4.78, 5) is 5.65. The van der Waals surface area contributed by atoms with Crippen molar-refractivity contribution in [3.63, 3.8) is 0 Å². The maximum Gasteiger partial charge on any atom is 0.0328 e. The summed E-state index contributed by atoms with van der Waals surface area (Å²) in [5.74, 6) is 1.72. The minimum atomic E-state index is 0.730. The van der Waals surface area contributed by atoms with Gasteiger partial charge in [-0.3, -0.25) is 4.90 Å². The van der Waals surface area contributed by atoms with E-state index in [0.29, 0.717) is 0 Å². The number of hydrogen-bond donors (Lipinski definition) is 1. The molecule has 3 heteroatoms. The van der Waals surface area contributed by atoms with Gasteiger partial charge in [-0.2, -0.15) is 0 Å². The quantitative estimate of drug-likeness (QED) is 0.698. The molecule has 1 fully saturated rings. The summed E-state index contributed by atoms with van der Waals surface area (Å²) in [6, 6.07) is 4.63. The van der Waals surface area contributed by atoms with Crippen LogP contribution in [0.5, 0.6) is 0 Å². The maximum absolute atomic E-state index is 3.53. The van der Waals surface area contributed by atoms with Gasteiger partial charge in [0.05, 0.1) is 0 Å². The van der Waals surface area contributed by atoms with E-state index in [1.807, 2.05) is 11.3 Å². The second kappa shape index (κ2) is 8.16. The third-order valence-electron chi connectivity index (χ3n) is 3.70. The van der Waals surface area contributed by atoms with E-state index < -0.39 is 0 Å². The van der Waals surface area contributed by atoms with Crippen LogP contribution in [0.2, 0.25) is 0 Å². The molecular formula is C17H30N2S. The van der Waals surface area contributed by atoms with E-state index in [0.717, 1.165) is 31.5 Å². The largest absolute Gasteiger partial charge is 0.312 e. The van der Waals surface area contributed by atoms with Crippen LogP contribution in [-0.4, -0.2) is 24.5 Å². The van der Waals surface area contributed by atoms with E-state index in [4.69, 9.17) is 0 Å². The Morgan fingerprint density at radius 3 is 2.70 bits per heavy atom. The first-order valence-corrected chi connectivity index (χ1v) is 8.99. The zero-order chi connectivity index (χ0) is 14.4. The Labute approximate surface area is 128 Å². The number of nitrogens with zero attached hydrogens (tertiary/aromatic N) is 1. The van der Waals surface area contributed by atoms with Gasteiger partial charge in [0.2, 0.25) is 0 Å². The fourth-order valence-electron chi connectivity index (χ4n) is 2.52. The molecule has 0 bridgehead atoms. The third kappa shape index (κ3) is 5.94. The smallest absolute Gasteiger partial charge is 0.0328 e. The first kappa shape index (κ1) is 16.0. The van der Waals surface area contributed by atoms with Crippen LogP contribution in [0.3, 0.4) is 0 Å². The van der Waals surface area contributed by atoms with Crippen molar-refractivity contribution in [2.24, 2.45) is 11.8 Å². The zero-order valence-electron chi connectivity index (χ0n) is 13.3.